The Kier molecular flexibility index (Phi) is 4.35. The Hall–Kier alpha value is -1.83. The van der Waals surface area contributed by atoms with Gasteiger partial charge in [-0.2, -0.15) is 10.2 Å². The first kappa shape index (κ1) is 11.2. The fraction of sp³-hybridized carbons (Fsp3) is 0.500. The summed E-state index contributed by atoms with van der Waals surface area (Å²) in [6.45, 7) is 2.93. The van der Waals surface area contributed by atoms with E-state index in [0.717, 1.165) is 6.42 Å². The second kappa shape index (κ2) is 5.81. The monoisotopic (exact) mass is 207 g/mol. The molecule has 0 fully saturated rings. The molecule has 5 heteroatoms. The fourth-order valence-corrected chi connectivity index (χ4v) is 1.16. The molecule has 5 nitrogen and oxygen atoms in total. The van der Waals surface area contributed by atoms with Crippen molar-refractivity contribution in [3.8, 4) is 12.1 Å². The third kappa shape index (κ3) is 3.43. The molecule has 0 N–H and O–H groups in total. The molecule has 0 radical (unpaired) electrons. The molecule has 0 aliphatic heterocycles. The Morgan fingerprint density at radius 2 is 2.47 bits per heavy atom. The first-order valence-corrected chi connectivity index (χ1v) is 4.85. The maximum absolute atomic E-state index is 11.0. The van der Waals surface area contributed by atoms with Gasteiger partial charge in [0.25, 0.3) is 11.6 Å². The van der Waals surface area contributed by atoms with Gasteiger partial charge in [-0.3, -0.25) is 4.79 Å². The molecule has 0 unspecified atom stereocenters. The molecule has 0 bridgehead atoms. The lowest BCUT2D eigenvalue weighted by Crippen LogP contribution is -2.14. The maximum Gasteiger partial charge on any atom is 0.299 e. The highest BCUT2D eigenvalue weighted by molar-refractivity contribution is 4.98. The highest BCUT2D eigenvalue weighted by atomic mass is 16.5. The maximum atomic E-state index is 11.0. The predicted octanol–water partition coefficient (Wildman–Crippen LogP) is 0.946. The van der Waals surface area contributed by atoms with Crippen LogP contribution in [0.4, 0.5) is 0 Å². The van der Waals surface area contributed by atoms with Crippen molar-refractivity contribution >= 4 is 0 Å². The SMILES string of the molecule is CCOc1nc(=O)ccn1CCCC#N. The number of nitrogens with zero attached hydrogens (tertiary/aromatic N) is 3. The summed E-state index contributed by atoms with van der Waals surface area (Å²) >= 11 is 0. The Labute approximate surface area is 87.9 Å². The van der Waals surface area contributed by atoms with Crippen molar-refractivity contribution in [1.82, 2.24) is 9.55 Å². The van der Waals surface area contributed by atoms with Gasteiger partial charge in [-0.15, -0.1) is 0 Å². The van der Waals surface area contributed by atoms with E-state index in [0.29, 0.717) is 25.6 Å². The normalized spacial score (nSPS) is 9.60. The van der Waals surface area contributed by atoms with Crippen molar-refractivity contribution in [3.05, 3.63) is 22.6 Å². The summed E-state index contributed by atoms with van der Waals surface area (Å²) in [6.07, 6.45) is 2.84. The average Bonchev–Trinajstić information content (AvgIpc) is 2.22. The molecular formula is C10H13N3O2. The number of nitriles is 1. The number of aryl methyl sites for hydroxylation is 1. The summed E-state index contributed by atoms with van der Waals surface area (Å²) in [5.41, 5.74) is -0.310. The lowest BCUT2D eigenvalue weighted by Gasteiger charge is -2.10. The first-order chi connectivity index (χ1) is 7.27. The lowest BCUT2D eigenvalue weighted by molar-refractivity contribution is 0.288. The minimum atomic E-state index is -0.310. The van der Waals surface area contributed by atoms with Crippen molar-refractivity contribution in [3.63, 3.8) is 0 Å². The van der Waals surface area contributed by atoms with Gasteiger partial charge in [0.15, 0.2) is 0 Å². The van der Waals surface area contributed by atoms with Gasteiger partial charge in [0.1, 0.15) is 0 Å². The van der Waals surface area contributed by atoms with Crippen molar-refractivity contribution in [2.75, 3.05) is 6.61 Å². The van der Waals surface area contributed by atoms with Crippen LogP contribution >= 0.6 is 0 Å². The van der Waals surface area contributed by atoms with E-state index >= 15 is 0 Å². The third-order valence-electron chi connectivity index (χ3n) is 1.81. The van der Waals surface area contributed by atoms with E-state index in [2.05, 4.69) is 11.1 Å². The molecule has 0 spiro atoms. The van der Waals surface area contributed by atoms with Gasteiger partial charge in [0.05, 0.1) is 12.7 Å². The molecule has 0 aliphatic rings. The number of rotatable bonds is 5. The number of hydrogen-bond acceptors (Lipinski definition) is 4. The molecule has 1 heterocycles. The zero-order chi connectivity index (χ0) is 11.1. The van der Waals surface area contributed by atoms with Crippen LogP contribution in [0.25, 0.3) is 0 Å². The zero-order valence-electron chi connectivity index (χ0n) is 8.64. The second-order valence-corrected chi connectivity index (χ2v) is 2.94. The molecule has 0 saturated heterocycles. The predicted molar refractivity (Wildman–Crippen MR) is 54.5 cm³/mol. The molecule has 0 aromatic carbocycles. The summed E-state index contributed by atoms with van der Waals surface area (Å²) in [5.74, 6) is 0. The number of hydrogen-bond donors (Lipinski definition) is 0. The van der Waals surface area contributed by atoms with Gasteiger partial charge in [0, 0.05) is 25.2 Å². The summed E-state index contributed by atoms with van der Waals surface area (Å²) in [5, 5.41) is 8.40. The van der Waals surface area contributed by atoms with E-state index in [1.54, 1.807) is 10.8 Å². The Morgan fingerprint density at radius 1 is 1.67 bits per heavy atom. The highest BCUT2D eigenvalue weighted by Gasteiger charge is 2.02. The highest BCUT2D eigenvalue weighted by Crippen LogP contribution is 2.05. The Balaban J connectivity index is 2.77. The van der Waals surface area contributed by atoms with Crippen LogP contribution in [0.3, 0.4) is 0 Å². The molecule has 1 rings (SSSR count). The van der Waals surface area contributed by atoms with Crippen LogP contribution in [0.15, 0.2) is 17.1 Å². The summed E-state index contributed by atoms with van der Waals surface area (Å²) < 4.78 is 6.96. The number of unbranched alkanes of at least 4 members (excludes halogenated alkanes) is 1. The molecule has 80 valence electrons. The van der Waals surface area contributed by atoms with Crippen molar-refractivity contribution < 1.29 is 4.74 Å². The van der Waals surface area contributed by atoms with Crippen LogP contribution in [-0.2, 0) is 6.54 Å². The van der Waals surface area contributed by atoms with Gasteiger partial charge < -0.3 is 9.30 Å². The van der Waals surface area contributed by atoms with Gasteiger partial charge in [-0.25, -0.2) is 0 Å². The quantitative estimate of drug-likeness (QED) is 0.674. The average molecular weight is 207 g/mol. The van der Waals surface area contributed by atoms with E-state index in [9.17, 15) is 4.79 Å². The van der Waals surface area contributed by atoms with Crippen LogP contribution in [0.5, 0.6) is 6.01 Å². The van der Waals surface area contributed by atoms with Crippen LogP contribution < -0.4 is 10.3 Å². The number of aromatic nitrogens is 2. The molecule has 0 amide bonds. The van der Waals surface area contributed by atoms with E-state index in [4.69, 9.17) is 10.00 Å². The Bertz CT molecular complexity index is 406. The molecule has 15 heavy (non-hydrogen) atoms. The Morgan fingerprint density at radius 3 is 3.13 bits per heavy atom. The van der Waals surface area contributed by atoms with E-state index in [1.807, 2.05) is 6.92 Å². The second-order valence-electron chi connectivity index (χ2n) is 2.94. The van der Waals surface area contributed by atoms with Crippen molar-refractivity contribution in [2.24, 2.45) is 0 Å². The van der Waals surface area contributed by atoms with E-state index in [-0.39, 0.29) is 5.56 Å². The minimum absolute atomic E-state index is 0.310. The van der Waals surface area contributed by atoms with Gasteiger partial charge in [-0.05, 0) is 13.3 Å². The summed E-state index contributed by atoms with van der Waals surface area (Å²) in [4.78, 5) is 14.7. The molecular weight excluding hydrogens is 194 g/mol. The first-order valence-electron chi connectivity index (χ1n) is 4.85. The van der Waals surface area contributed by atoms with Crippen LogP contribution in [0, 0.1) is 11.3 Å². The van der Waals surface area contributed by atoms with Gasteiger partial charge >= 0.3 is 0 Å². The zero-order valence-corrected chi connectivity index (χ0v) is 8.64. The van der Waals surface area contributed by atoms with E-state index in [1.165, 1.54) is 6.07 Å². The minimum Gasteiger partial charge on any atom is -0.465 e. The molecule has 1 aromatic rings. The van der Waals surface area contributed by atoms with Crippen LogP contribution in [0.2, 0.25) is 0 Å². The summed E-state index contributed by atoms with van der Waals surface area (Å²) in [6, 6.07) is 3.77. The largest absolute Gasteiger partial charge is 0.465 e. The van der Waals surface area contributed by atoms with Crippen molar-refractivity contribution in [2.45, 2.75) is 26.3 Å². The van der Waals surface area contributed by atoms with Crippen molar-refractivity contribution in [1.29, 1.82) is 5.26 Å². The van der Waals surface area contributed by atoms with Gasteiger partial charge in [-0.1, -0.05) is 0 Å². The standard InChI is InChI=1S/C10H13N3O2/c1-2-15-10-12-9(14)5-8-13(10)7-4-3-6-11/h5,8H,2-4,7H2,1H3. The molecule has 0 atom stereocenters. The number of ether oxygens (including phenoxy) is 1. The van der Waals surface area contributed by atoms with Crippen LogP contribution in [0.1, 0.15) is 19.8 Å². The molecule has 1 aromatic heterocycles. The van der Waals surface area contributed by atoms with Gasteiger partial charge in [0.2, 0.25) is 0 Å². The smallest absolute Gasteiger partial charge is 0.299 e. The molecule has 0 saturated carbocycles. The third-order valence-corrected chi connectivity index (χ3v) is 1.81. The molecule has 0 aliphatic carbocycles. The van der Waals surface area contributed by atoms with Crippen LogP contribution in [-0.4, -0.2) is 16.2 Å². The fourth-order valence-electron chi connectivity index (χ4n) is 1.16. The topological polar surface area (TPSA) is 67.9 Å². The van der Waals surface area contributed by atoms with E-state index < -0.39 is 0 Å². The summed E-state index contributed by atoms with van der Waals surface area (Å²) in [7, 11) is 0. The lowest BCUT2D eigenvalue weighted by atomic mass is 10.3.